The molecule has 1 aliphatic rings. The molecule has 7 nitrogen and oxygen atoms in total. The van der Waals surface area contributed by atoms with Crippen molar-refractivity contribution >= 4 is 35.2 Å². The minimum atomic E-state index is -0.655. The zero-order chi connectivity index (χ0) is 24.0. The van der Waals surface area contributed by atoms with Gasteiger partial charge in [-0.15, -0.1) is 0 Å². The number of rotatable bonds is 3. The molecular formula is C24H25ClN2O5. The van der Waals surface area contributed by atoms with Crippen LogP contribution in [0.2, 0.25) is 5.02 Å². The highest BCUT2D eigenvalue weighted by Gasteiger charge is 2.29. The SMILES string of the molecule is CC(C)(C)c1cc(C=C2N=C(c3ccc([N+](=O)[O-])cc3Cl)OC2=O)cc(C(C)(C)C)c1O. The van der Waals surface area contributed by atoms with Crippen LogP contribution in [0.3, 0.4) is 0 Å². The molecule has 0 spiro atoms. The highest BCUT2D eigenvalue weighted by atomic mass is 35.5. The number of nitrogens with zero attached hydrogens (tertiary/aromatic N) is 2. The van der Waals surface area contributed by atoms with E-state index in [-0.39, 0.29) is 44.4 Å². The van der Waals surface area contributed by atoms with E-state index in [2.05, 4.69) is 4.99 Å². The fraction of sp³-hybridized carbons (Fsp3) is 0.333. The fourth-order valence-electron chi connectivity index (χ4n) is 3.36. The predicted octanol–water partition coefficient (Wildman–Crippen LogP) is 5.89. The van der Waals surface area contributed by atoms with Crippen LogP contribution in [0, 0.1) is 10.1 Å². The lowest BCUT2D eigenvalue weighted by molar-refractivity contribution is -0.384. The molecule has 0 radical (unpaired) electrons. The molecule has 0 saturated carbocycles. The van der Waals surface area contributed by atoms with E-state index in [1.54, 1.807) is 6.08 Å². The summed E-state index contributed by atoms with van der Waals surface area (Å²) in [5.41, 5.74) is 1.74. The standard InChI is InChI=1S/C24H25ClN2O5/c1-23(2,3)16-9-13(10-17(20(16)28)24(4,5)6)11-19-22(29)32-21(26-19)15-8-7-14(27(30)31)12-18(15)25/h7-12,28H,1-6H3. The Morgan fingerprint density at radius 1 is 1.06 bits per heavy atom. The van der Waals surface area contributed by atoms with Crippen LogP contribution in [0.5, 0.6) is 5.75 Å². The lowest BCUT2D eigenvalue weighted by Crippen LogP contribution is -2.17. The number of carbonyl (C=O) groups excluding carboxylic acids is 1. The van der Waals surface area contributed by atoms with Gasteiger partial charge in [0.25, 0.3) is 5.69 Å². The number of aliphatic imine (C=N–C) groups is 1. The van der Waals surface area contributed by atoms with Crippen LogP contribution >= 0.6 is 11.6 Å². The number of phenols is 1. The van der Waals surface area contributed by atoms with E-state index in [1.165, 1.54) is 18.2 Å². The second-order valence-electron chi connectivity index (χ2n) is 9.72. The molecule has 0 bridgehead atoms. The van der Waals surface area contributed by atoms with E-state index < -0.39 is 10.9 Å². The third-order valence-corrected chi connectivity index (χ3v) is 5.38. The van der Waals surface area contributed by atoms with Crippen LogP contribution in [0.4, 0.5) is 5.69 Å². The van der Waals surface area contributed by atoms with Crippen LogP contribution in [-0.2, 0) is 20.4 Å². The number of hydrogen-bond acceptors (Lipinski definition) is 6. The number of phenolic OH excluding ortho intramolecular Hbond substituents is 1. The van der Waals surface area contributed by atoms with E-state index in [9.17, 15) is 20.0 Å². The summed E-state index contributed by atoms with van der Waals surface area (Å²) in [6, 6.07) is 7.50. The first kappa shape index (κ1) is 23.5. The number of benzene rings is 2. The number of carbonyl (C=O) groups is 1. The molecule has 0 fully saturated rings. The maximum atomic E-state index is 12.5. The van der Waals surface area contributed by atoms with Crippen LogP contribution in [0.1, 0.15) is 63.8 Å². The molecule has 32 heavy (non-hydrogen) atoms. The van der Waals surface area contributed by atoms with Gasteiger partial charge in [-0.3, -0.25) is 10.1 Å². The fourth-order valence-corrected chi connectivity index (χ4v) is 3.61. The van der Waals surface area contributed by atoms with E-state index >= 15 is 0 Å². The van der Waals surface area contributed by atoms with Crippen LogP contribution in [0.25, 0.3) is 6.08 Å². The molecule has 3 rings (SSSR count). The lowest BCUT2D eigenvalue weighted by atomic mass is 9.78. The molecule has 1 heterocycles. The molecule has 0 aliphatic carbocycles. The molecule has 168 valence electrons. The van der Waals surface area contributed by atoms with Crippen molar-refractivity contribution in [3.05, 3.63) is 73.4 Å². The maximum Gasteiger partial charge on any atom is 0.363 e. The summed E-state index contributed by atoms with van der Waals surface area (Å²) in [7, 11) is 0. The number of halogens is 1. The van der Waals surface area contributed by atoms with Gasteiger partial charge >= 0.3 is 5.97 Å². The zero-order valence-electron chi connectivity index (χ0n) is 18.8. The normalized spacial score (nSPS) is 15.7. The van der Waals surface area contributed by atoms with Crippen molar-refractivity contribution in [1.29, 1.82) is 0 Å². The van der Waals surface area contributed by atoms with Crippen LogP contribution in [0.15, 0.2) is 41.0 Å². The Balaban J connectivity index is 2.09. The summed E-state index contributed by atoms with van der Waals surface area (Å²) in [5, 5.41) is 21.9. The Hall–Kier alpha value is -3.19. The molecule has 0 saturated heterocycles. The van der Waals surface area contributed by atoms with Gasteiger partial charge < -0.3 is 9.84 Å². The number of ether oxygens (including phenoxy) is 1. The van der Waals surface area contributed by atoms with Crippen molar-refractivity contribution in [2.24, 2.45) is 4.99 Å². The number of hydrogen-bond donors (Lipinski definition) is 1. The van der Waals surface area contributed by atoms with E-state index in [4.69, 9.17) is 16.3 Å². The smallest absolute Gasteiger partial charge is 0.363 e. The van der Waals surface area contributed by atoms with Crippen molar-refractivity contribution in [2.75, 3.05) is 0 Å². The predicted molar refractivity (Wildman–Crippen MR) is 124 cm³/mol. The van der Waals surface area contributed by atoms with Gasteiger partial charge in [-0.25, -0.2) is 9.79 Å². The summed E-state index contributed by atoms with van der Waals surface area (Å²) < 4.78 is 5.27. The number of non-ortho nitro benzene ring substituents is 1. The summed E-state index contributed by atoms with van der Waals surface area (Å²) >= 11 is 6.14. The second kappa shape index (κ2) is 8.06. The van der Waals surface area contributed by atoms with Crippen molar-refractivity contribution < 1.29 is 19.6 Å². The number of nitro benzene ring substituents is 1. The summed E-state index contributed by atoms with van der Waals surface area (Å²) in [5.74, 6) is -0.438. The third kappa shape index (κ3) is 4.67. The highest BCUT2D eigenvalue weighted by molar-refractivity contribution is 6.34. The van der Waals surface area contributed by atoms with Gasteiger partial charge in [-0.2, -0.15) is 0 Å². The van der Waals surface area contributed by atoms with Crippen molar-refractivity contribution in [1.82, 2.24) is 0 Å². The average Bonchev–Trinajstić information content (AvgIpc) is 3.01. The maximum absolute atomic E-state index is 12.5. The topological polar surface area (TPSA) is 102 Å². The molecule has 8 heteroatoms. The van der Waals surface area contributed by atoms with Gasteiger partial charge in [0, 0.05) is 23.3 Å². The average molecular weight is 457 g/mol. The van der Waals surface area contributed by atoms with Crippen molar-refractivity contribution in [2.45, 2.75) is 52.4 Å². The molecule has 2 aromatic rings. The molecule has 0 amide bonds. The number of nitro groups is 1. The Morgan fingerprint density at radius 3 is 2.09 bits per heavy atom. The number of esters is 1. The molecular weight excluding hydrogens is 432 g/mol. The molecule has 0 aromatic heterocycles. The number of aromatic hydroxyl groups is 1. The Kier molecular flexibility index (Phi) is 5.91. The number of cyclic esters (lactones) is 1. The minimum absolute atomic E-state index is 0.0213. The van der Waals surface area contributed by atoms with Gasteiger partial charge in [-0.1, -0.05) is 53.1 Å². The van der Waals surface area contributed by atoms with Crippen LogP contribution in [-0.4, -0.2) is 21.9 Å². The van der Waals surface area contributed by atoms with Crippen molar-refractivity contribution in [3.8, 4) is 5.75 Å². The van der Waals surface area contributed by atoms with Gasteiger partial charge in [0.05, 0.1) is 15.5 Å². The van der Waals surface area contributed by atoms with Gasteiger partial charge in [0.15, 0.2) is 5.70 Å². The Labute approximate surface area is 191 Å². The quantitative estimate of drug-likeness (QED) is 0.268. The Morgan fingerprint density at radius 2 is 1.62 bits per heavy atom. The first-order valence-corrected chi connectivity index (χ1v) is 10.4. The highest BCUT2D eigenvalue weighted by Crippen LogP contribution is 2.40. The minimum Gasteiger partial charge on any atom is -0.507 e. The van der Waals surface area contributed by atoms with E-state index in [0.29, 0.717) is 5.56 Å². The first-order valence-electron chi connectivity index (χ1n) is 10.0. The van der Waals surface area contributed by atoms with Crippen LogP contribution < -0.4 is 0 Å². The molecule has 1 aliphatic heterocycles. The van der Waals surface area contributed by atoms with Gasteiger partial charge in [0.1, 0.15) is 5.75 Å². The summed E-state index contributed by atoms with van der Waals surface area (Å²) in [4.78, 5) is 27.1. The zero-order valence-corrected chi connectivity index (χ0v) is 19.6. The second-order valence-corrected chi connectivity index (χ2v) is 10.1. The van der Waals surface area contributed by atoms with E-state index in [0.717, 1.165) is 11.1 Å². The third-order valence-electron chi connectivity index (χ3n) is 5.07. The monoisotopic (exact) mass is 456 g/mol. The summed E-state index contributed by atoms with van der Waals surface area (Å²) in [6.45, 7) is 12.0. The summed E-state index contributed by atoms with van der Waals surface area (Å²) in [6.07, 6.45) is 1.60. The lowest BCUT2D eigenvalue weighted by Gasteiger charge is -2.27. The van der Waals surface area contributed by atoms with Gasteiger partial charge in [0.2, 0.25) is 5.90 Å². The Bertz CT molecular complexity index is 1150. The first-order chi connectivity index (χ1) is 14.7. The molecule has 1 N–H and O–H groups in total. The van der Waals surface area contributed by atoms with E-state index in [1.807, 2.05) is 53.7 Å². The largest absolute Gasteiger partial charge is 0.507 e. The molecule has 2 aromatic carbocycles. The van der Waals surface area contributed by atoms with Gasteiger partial charge in [-0.05, 0) is 40.7 Å². The molecule has 0 unspecified atom stereocenters. The van der Waals surface area contributed by atoms with Crippen molar-refractivity contribution in [3.63, 3.8) is 0 Å². The molecule has 0 atom stereocenters.